The van der Waals surface area contributed by atoms with Crippen LogP contribution < -0.4 is 9.80 Å². The summed E-state index contributed by atoms with van der Waals surface area (Å²) in [6.45, 7) is 19.1. The summed E-state index contributed by atoms with van der Waals surface area (Å²) < 4.78 is 94.8. The molecular weight excluding hydrogens is 1150 g/mol. The largest absolute Gasteiger partial charge is 0.463 e. The summed E-state index contributed by atoms with van der Waals surface area (Å²) in [5.41, 5.74) is 2.38. The molecule has 2 unspecified atom stereocenters. The van der Waals surface area contributed by atoms with Gasteiger partial charge >= 0.3 is 24.3 Å². The van der Waals surface area contributed by atoms with Crippen LogP contribution in [0.3, 0.4) is 0 Å². The molecule has 0 radical (unpaired) electrons. The van der Waals surface area contributed by atoms with E-state index in [-0.39, 0.29) is 35.7 Å². The van der Waals surface area contributed by atoms with Crippen LogP contribution in [0, 0.1) is 22.7 Å². The predicted octanol–water partition coefficient (Wildman–Crippen LogP) is 12.7. The molecule has 4 aromatic carbocycles. The average molecular weight is 1230 g/mol. The van der Waals surface area contributed by atoms with E-state index >= 15 is 0 Å². The molecule has 4 heterocycles. The van der Waals surface area contributed by atoms with Gasteiger partial charge in [0.15, 0.2) is 10.3 Å². The lowest BCUT2D eigenvalue weighted by molar-refractivity contribution is -0.139. The molecule has 458 valence electrons. The molecule has 0 amide bonds. The molecule has 2 saturated heterocycles. The van der Waals surface area contributed by atoms with Crippen LogP contribution in [0.5, 0.6) is 0 Å². The highest BCUT2D eigenvalue weighted by molar-refractivity contribution is 8.14. The minimum absolute atomic E-state index is 0.104. The third-order valence-electron chi connectivity index (χ3n) is 15.8. The Balaban J connectivity index is 0.751. The van der Waals surface area contributed by atoms with Crippen molar-refractivity contribution in [2.24, 2.45) is 9.98 Å². The lowest BCUT2D eigenvalue weighted by Gasteiger charge is -2.38. The number of unbranched alkanes of at least 4 members (excludes halogenated alkanes) is 4. The van der Waals surface area contributed by atoms with E-state index in [4.69, 9.17) is 19.5 Å². The predicted molar refractivity (Wildman–Crippen MR) is 328 cm³/mol. The van der Waals surface area contributed by atoms with Gasteiger partial charge in [-0.1, -0.05) is 72.8 Å². The van der Waals surface area contributed by atoms with E-state index in [2.05, 4.69) is 31.7 Å². The number of alkyl halides is 6. The van der Waals surface area contributed by atoms with Crippen molar-refractivity contribution >= 4 is 57.2 Å². The average Bonchev–Trinajstić information content (AvgIpc) is 0.966. The van der Waals surface area contributed by atoms with E-state index in [1.165, 1.54) is 35.7 Å². The van der Waals surface area contributed by atoms with Gasteiger partial charge in [0.25, 0.3) is 0 Å². The Kier molecular flexibility index (Phi) is 23.4. The number of carbonyl (C=O) groups excluding carboxylic acids is 2. The van der Waals surface area contributed by atoms with Gasteiger partial charge in [-0.2, -0.15) is 36.9 Å². The number of esters is 2. The number of amidine groups is 2. The maximum atomic E-state index is 14.0. The van der Waals surface area contributed by atoms with Crippen LogP contribution >= 0.6 is 23.5 Å². The van der Waals surface area contributed by atoms with Gasteiger partial charge in [-0.25, -0.2) is 19.6 Å². The third-order valence-corrected chi connectivity index (χ3v) is 17.9. The Hall–Kier alpha value is -6.66. The van der Waals surface area contributed by atoms with Gasteiger partial charge in [-0.15, -0.1) is 0 Å². The molecule has 0 aliphatic carbocycles. The molecule has 14 nitrogen and oxygen atoms in total. The number of hydrogen-bond acceptors (Lipinski definition) is 16. The van der Waals surface area contributed by atoms with E-state index in [1.807, 2.05) is 0 Å². The monoisotopic (exact) mass is 1220 g/mol. The number of allylic oxidation sites excluding steroid dienone is 2. The minimum Gasteiger partial charge on any atom is -0.463 e. The molecule has 8 rings (SSSR count). The Labute approximate surface area is 509 Å². The second-order valence-electron chi connectivity index (χ2n) is 21.5. The number of carbonyl (C=O) groups is 2. The van der Waals surface area contributed by atoms with Crippen LogP contribution in [0.1, 0.15) is 112 Å². The highest BCUT2D eigenvalue weighted by Crippen LogP contribution is 2.43. The zero-order valence-corrected chi connectivity index (χ0v) is 50.8. The van der Waals surface area contributed by atoms with Crippen molar-refractivity contribution in [3.05, 3.63) is 153 Å². The number of nitrogens with zero attached hydrogens (tertiary/aromatic N) is 10. The van der Waals surface area contributed by atoms with Gasteiger partial charge < -0.3 is 19.3 Å². The number of thioether (sulfide) groups is 2. The SMILES string of the molecule is CCOC(=O)C1=C(C)N(c2cccc(C(F)(F)F)c2)C(SCCCCCN2CCN(CCN3CCN(CCCCCSC4=NC(c5ccc(C#N)cc5)C(C(=O)OCC)=C(C)N4c4cccc(C(F)(F)F)c4)CC3)CC2)=NC1c1ccc(C#N)cc1. The molecule has 0 spiro atoms. The van der Waals surface area contributed by atoms with Gasteiger partial charge in [0.1, 0.15) is 12.1 Å². The fourth-order valence-corrected chi connectivity index (χ4v) is 13.2. The summed E-state index contributed by atoms with van der Waals surface area (Å²) in [7, 11) is 0. The van der Waals surface area contributed by atoms with Crippen molar-refractivity contribution in [2.45, 2.75) is 90.7 Å². The van der Waals surface area contributed by atoms with Gasteiger partial charge in [-0.05, 0) is 138 Å². The number of piperazine rings is 2. The summed E-state index contributed by atoms with van der Waals surface area (Å²) in [5.74, 6) is 0.116. The summed E-state index contributed by atoms with van der Waals surface area (Å²) in [5, 5.41) is 19.8. The Bertz CT molecular complexity index is 2970. The highest BCUT2D eigenvalue weighted by atomic mass is 32.2. The quantitative estimate of drug-likeness (QED) is 0.0394. The molecule has 0 aromatic heterocycles. The first-order valence-electron chi connectivity index (χ1n) is 29.4. The Morgan fingerprint density at radius 2 is 0.872 bits per heavy atom. The Morgan fingerprint density at radius 1 is 0.523 bits per heavy atom. The molecule has 22 heteroatoms. The second-order valence-corrected chi connectivity index (χ2v) is 23.6. The van der Waals surface area contributed by atoms with Crippen LogP contribution in [-0.4, -0.2) is 145 Å². The first-order valence-corrected chi connectivity index (χ1v) is 31.4. The normalized spacial score (nSPS) is 18.6. The first kappa shape index (κ1) is 65.3. The van der Waals surface area contributed by atoms with Crippen molar-refractivity contribution in [3.8, 4) is 12.1 Å². The molecular formula is C64H74F6N10O4S2. The van der Waals surface area contributed by atoms with Crippen molar-refractivity contribution in [1.29, 1.82) is 10.5 Å². The highest BCUT2D eigenvalue weighted by Gasteiger charge is 2.39. The smallest absolute Gasteiger partial charge is 0.416 e. The maximum Gasteiger partial charge on any atom is 0.416 e. The maximum absolute atomic E-state index is 14.0. The molecule has 86 heavy (non-hydrogen) atoms. The van der Waals surface area contributed by atoms with Gasteiger partial charge in [0.2, 0.25) is 0 Å². The van der Waals surface area contributed by atoms with Crippen molar-refractivity contribution in [2.75, 3.05) is 113 Å². The van der Waals surface area contributed by atoms with Crippen LogP contribution in [0.4, 0.5) is 37.7 Å². The van der Waals surface area contributed by atoms with E-state index in [1.54, 1.807) is 98.2 Å². The number of halogens is 6. The summed E-state index contributed by atoms with van der Waals surface area (Å²) in [6, 6.07) is 26.3. The van der Waals surface area contributed by atoms with Gasteiger partial charge in [0.05, 0.1) is 58.8 Å². The summed E-state index contributed by atoms with van der Waals surface area (Å²) >= 11 is 2.90. The van der Waals surface area contributed by atoms with E-state index in [0.29, 0.717) is 55.5 Å². The minimum atomic E-state index is -4.57. The zero-order valence-electron chi connectivity index (χ0n) is 49.1. The lowest BCUT2D eigenvalue weighted by atomic mass is 9.95. The molecule has 4 aliphatic heterocycles. The zero-order chi connectivity index (χ0) is 61.4. The molecule has 0 bridgehead atoms. The van der Waals surface area contributed by atoms with Crippen LogP contribution in [0.15, 0.2) is 130 Å². The molecule has 4 aliphatic rings. The van der Waals surface area contributed by atoms with Crippen LogP contribution in [0.25, 0.3) is 0 Å². The fraction of sp³-hybridized carbons (Fsp3) is 0.469. The van der Waals surface area contributed by atoms with E-state index in [0.717, 1.165) is 141 Å². The van der Waals surface area contributed by atoms with Crippen LogP contribution in [0.2, 0.25) is 0 Å². The molecule has 2 atom stereocenters. The third kappa shape index (κ3) is 17.1. The Morgan fingerprint density at radius 3 is 1.20 bits per heavy atom. The van der Waals surface area contributed by atoms with E-state index < -0.39 is 47.5 Å². The number of aliphatic imine (C=N–C) groups is 2. The number of anilines is 2. The molecule has 2 fully saturated rings. The number of hydrogen-bond donors (Lipinski definition) is 0. The standard InChI is InChI=1S/C64H74F6N10O4S2/c1-5-83-59(81)55-45(3)79(53-17-13-15-51(41-53)63(65,66)67)61(73-57(55)49-23-19-47(43-71)20-24-49)85-39-11-7-9-27-75-29-33-77(34-30-75)37-38-78-35-31-76(32-36-78)28-10-8-12-40-86-62-74-58(50-25-21-48(44-72)22-26-50)56(60(82)84-6-2)46(4)80(62)54-18-14-16-52(42-54)64(68,69)70/h13-26,41-42,57-58H,5-12,27-40H2,1-4H3. The van der Waals surface area contributed by atoms with Crippen molar-refractivity contribution in [1.82, 2.24) is 19.6 Å². The van der Waals surface area contributed by atoms with E-state index in [9.17, 15) is 46.5 Å². The number of nitriles is 2. The molecule has 0 saturated carbocycles. The second kappa shape index (κ2) is 30.8. The van der Waals surface area contributed by atoms with Crippen molar-refractivity contribution in [3.63, 3.8) is 0 Å². The van der Waals surface area contributed by atoms with Gasteiger partial charge in [-0.3, -0.25) is 19.6 Å². The molecule has 0 N–H and O–H groups in total. The summed E-state index contributed by atoms with van der Waals surface area (Å²) in [4.78, 5) is 50.6. The van der Waals surface area contributed by atoms with Crippen LogP contribution in [-0.2, 0) is 31.4 Å². The fourth-order valence-electron chi connectivity index (χ4n) is 11.1. The number of ether oxygens (including phenoxy) is 2. The number of benzene rings is 4. The summed E-state index contributed by atoms with van der Waals surface area (Å²) in [6.07, 6.45) is -3.48. The first-order chi connectivity index (χ1) is 41.4. The van der Waals surface area contributed by atoms with Gasteiger partial charge in [0, 0.05) is 99.7 Å². The molecule has 4 aromatic rings. The lowest BCUT2D eigenvalue weighted by Crippen LogP contribution is -2.51. The van der Waals surface area contributed by atoms with Crippen molar-refractivity contribution < 1.29 is 45.4 Å². The topological polar surface area (TPSA) is 144 Å². The number of rotatable bonds is 23.